The van der Waals surface area contributed by atoms with Crippen molar-refractivity contribution in [3.8, 4) is 11.1 Å². The zero-order valence-electron chi connectivity index (χ0n) is 19.3. The summed E-state index contributed by atoms with van der Waals surface area (Å²) in [5.41, 5.74) is 3.30. The van der Waals surface area contributed by atoms with Gasteiger partial charge in [0.05, 0.1) is 16.2 Å². The molecule has 0 N–H and O–H groups in total. The highest BCUT2D eigenvalue weighted by atomic mass is 16.6. The van der Waals surface area contributed by atoms with E-state index in [1.807, 2.05) is 12.1 Å². The Balaban J connectivity index is 1.44. The van der Waals surface area contributed by atoms with E-state index in [1.165, 1.54) is 62.3 Å². The number of unbranched alkanes of at least 4 members (excludes halogenated alkanes) is 5. The largest absolute Gasteiger partial charge is 0.283 e. The second-order valence-electron chi connectivity index (χ2n) is 8.66. The van der Waals surface area contributed by atoms with Crippen LogP contribution < -0.4 is 4.90 Å². The summed E-state index contributed by atoms with van der Waals surface area (Å²) >= 11 is 0. The Morgan fingerprint density at radius 1 is 0.765 bits per heavy atom. The number of aryl methyl sites for hydroxylation is 1. The van der Waals surface area contributed by atoms with E-state index < -0.39 is 16.7 Å². The first-order valence-electron chi connectivity index (χ1n) is 11.9. The molecule has 0 fully saturated rings. The van der Waals surface area contributed by atoms with E-state index in [9.17, 15) is 19.7 Å². The molecule has 6 nitrogen and oxygen atoms in total. The van der Waals surface area contributed by atoms with Crippen molar-refractivity contribution in [3.05, 3.63) is 93.5 Å². The number of fused-ring (bicyclic) bond motifs is 1. The van der Waals surface area contributed by atoms with Crippen LogP contribution in [0.2, 0.25) is 0 Å². The van der Waals surface area contributed by atoms with Gasteiger partial charge in [0.15, 0.2) is 0 Å². The van der Waals surface area contributed by atoms with Crippen LogP contribution in [0, 0.1) is 10.1 Å². The molecule has 2 amide bonds. The molecule has 1 aliphatic heterocycles. The van der Waals surface area contributed by atoms with Gasteiger partial charge in [-0.05, 0) is 47.7 Å². The Kier molecular flexibility index (Phi) is 7.16. The fourth-order valence-corrected chi connectivity index (χ4v) is 4.43. The quantitative estimate of drug-likeness (QED) is 0.143. The summed E-state index contributed by atoms with van der Waals surface area (Å²) in [5, 5.41) is 11.3. The van der Waals surface area contributed by atoms with Gasteiger partial charge in [-0.2, -0.15) is 0 Å². The zero-order valence-corrected chi connectivity index (χ0v) is 19.3. The standard InChI is InChI=1S/C28H28N2O4/c1-2-3-4-5-6-7-9-20-12-14-21(15-13-20)22-16-18-23(19-17-22)29-27(31)24-10-8-11-25(30(33)34)26(24)28(29)32/h8,10-19H,2-7,9H2,1H3. The minimum Gasteiger partial charge on any atom is -0.268 e. The molecule has 4 rings (SSSR count). The second-order valence-corrected chi connectivity index (χ2v) is 8.66. The average molecular weight is 457 g/mol. The molecule has 0 aliphatic carbocycles. The number of nitro groups is 1. The van der Waals surface area contributed by atoms with Crippen LogP contribution in [0.3, 0.4) is 0 Å². The highest BCUT2D eigenvalue weighted by molar-refractivity contribution is 6.35. The molecule has 174 valence electrons. The summed E-state index contributed by atoms with van der Waals surface area (Å²) in [4.78, 5) is 37.4. The van der Waals surface area contributed by atoms with Crippen LogP contribution in [0.4, 0.5) is 11.4 Å². The van der Waals surface area contributed by atoms with Gasteiger partial charge in [0, 0.05) is 6.07 Å². The van der Waals surface area contributed by atoms with E-state index in [4.69, 9.17) is 0 Å². The maximum atomic E-state index is 12.9. The van der Waals surface area contributed by atoms with Gasteiger partial charge < -0.3 is 0 Å². The number of nitro benzene ring substituents is 1. The summed E-state index contributed by atoms with van der Waals surface area (Å²) in [7, 11) is 0. The molecule has 0 atom stereocenters. The summed E-state index contributed by atoms with van der Waals surface area (Å²) in [6, 6.07) is 19.7. The Hall–Kier alpha value is -3.80. The Morgan fingerprint density at radius 3 is 2.03 bits per heavy atom. The second kappa shape index (κ2) is 10.4. The number of hydrogen-bond acceptors (Lipinski definition) is 4. The third-order valence-corrected chi connectivity index (χ3v) is 6.32. The van der Waals surface area contributed by atoms with Gasteiger partial charge >= 0.3 is 0 Å². The number of rotatable bonds is 10. The molecule has 1 aliphatic rings. The first-order chi connectivity index (χ1) is 16.5. The maximum Gasteiger partial charge on any atom is 0.283 e. The predicted octanol–water partition coefficient (Wildman–Crippen LogP) is 6.97. The monoisotopic (exact) mass is 456 g/mol. The topological polar surface area (TPSA) is 80.5 Å². The first-order valence-corrected chi connectivity index (χ1v) is 11.9. The molecule has 3 aromatic rings. The van der Waals surface area contributed by atoms with Gasteiger partial charge in [0.1, 0.15) is 5.56 Å². The number of amides is 2. The predicted molar refractivity (Wildman–Crippen MR) is 133 cm³/mol. The molecule has 0 saturated heterocycles. The van der Waals surface area contributed by atoms with Gasteiger partial charge in [-0.3, -0.25) is 19.7 Å². The molecule has 0 spiro atoms. The van der Waals surface area contributed by atoms with E-state index >= 15 is 0 Å². The highest BCUT2D eigenvalue weighted by Crippen LogP contribution is 2.34. The van der Waals surface area contributed by atoms with E-state index in [-0.39, 0.29) is 16.8 Å². The first kappa shape index (κ1) is 23.4. The Labute approximate surface area is 199 Å². The van der Waals surface area contributed by atoms with Crippen molar-refractivity contribution >= 4 is 23.2 Å². The summed E-state index contributed by atoms with van der Waals surface area (Å²) < 4.78 is 0. The van der Waals surface area contributed by atoms with Gasteiger partial charge in [0.2, 0.25) is 0 Å². The average Bonchev–Trinajstić information content (AvgIpc) is 3.11. The highest BCUT2D eigenvalue weighted by Gasteiger charge is 2.41. The third kappa shape index (κ3) is 4.76. The van der Waals surface area contributed by atoms with Gasteiger partial charge in [-0.1, -0.05) is 81.5 Å². The summed E-state index contributed by atoms with van der Waals surface area (Å²) in [6.45, 7) is 2.23. The third-order valence-electron chi connectivity index (χ3n) is 6.32. The van der Waals surface area contributed by atoms with E-state index in [0.29, 0.717) is 5.69 Å². The zero-order chi connectivity index (χ0) is 24.1. The fourth-order valence-electron chi connectivity index (χ4n) is 4.43. The summed E-state index contributed by atoms with van der Waals surface area (Å²) in [6.07, 6.45) is 8.77. The van der Waals surface area contributed by atoms with Crippen LogP contribution in [-0.4, -0.2) is 16.7 Å². The smallest absolute Gasteiger partial charge is 0.268 e. The lowest BCUT2D eigenvalue weighted by Crippen LogP contribution is -2.29. The molecule has 0 aromatic heterocycles. The molecule has 1 heterocycles. The molecule has 0 bridgehead atoms. The van der Waals surface area contributed by atoms with Gasteiger partial charge in [-0.25, -0.2) is 4.90 Å². The van der Waals surface area contributed by atoms with Crippen LogP contribution in [-0.2, 0) is 6.42 Å². The summed E-state index contributed by atoms with van der Waals surface area (Å²) in [5.74, 6) is -1.21. The lowest BCUT2D eigenvalue weighted by Gasteiger charge is -2.14. The molecule has 34 heavy (non-hydrogen) atoms. The SMILES string of the molecule is CCCCCCCCc1ccc(-c2ccc(N3C(=O)c4cccc([N+](=O)[O-])c4C3=O)cc2)cc1. The molecular weight excluding hydrogens is 428 g/mol. The molecule has 6 heteroatoms. The fraction of sp³-hybridized carbons (Fsp3) is 0.286. The van der Waals surface area contributed by atoms with E-state index in [1.54, 1.807) is 12.1 Å². The van der Waals surface area contributed by atoms with Crippen LogP contribution in [0.5, 0.6) is 0 Å². The van der Waals surface area contributed by atoms with Gasteiger partial charge in [0.25, 0.3) is 17.5 Å². The van der Waals surface area contributed by atoms with Crippen LogP contribution >= 0.6 is 0 Å². The molecular formula is C28H28N2O4. The van der Waals surface area contributed by atoms with E-state index in [0.717, 1.165) is 22.4 Å². The lowest BCUT2D eigenvalue weighted by atomic mass is 10.0. The number of carbonyl (C=O) groups excluding carboxylic acids is 2. The number of imide groups is 1. The van der Waals surface area contributed by atoms with Gasteiger partial charge in [-0.15, -0.1) is 0 Å². The van der Waals surface area contributed by atoms with Crippen molar-refractivity contribution in [1.29, 1.82) is 0 Å². The van der Waals surface area contributed by atoms with E-state index in [2.05, 4.69) is 31.2 Å². The molecule has 0 saturated carbocycles. The number of anilines is 1. The normalized spacial score (nSPS) is 12.8. The Bertz CT molecular complexity index is 1200. The maximum absolute atomic E-state index is 12.9. The van der Waals surface area contributed by atoms with Crippen molar-refractivity contribution in [1.82, 2.24) is 0 Å². The number of benzene rings is 3. The van der Waals surface area contributed by atoms with Crippen molar-refractivity contribution in [3.63, 3.8) is 0 Å². The number of hydrogen-bond donors (Lipinski definition) is 0. The minimum absolute atomic E-state index is 0.0595. The van der Waals surface area contributed by atoms with Crippen molar-refractivity contribution in [2.45, 2.75) is 51.9 Å². The van der Waals surface area contributed by atoms with Crippen LogP contribution in [0.25, 0.3) is 11.1 Å². The molecule has 3 aromatic carbocycles. The van der Waals surface area contributed by atoms with Crippen molar-refractivity contribution < 1.29 is 14.5 Å². The molecule has 0 unspecified atom stereocenters. The number of nitrogens with zero attached hydrogens (tertiary/aromatic N) is 2. The van der Waals surface area contributed by atoms with Crippen LogP contribution in [0.15, 0.2) is 66.7 Å². The van der Waals surface area contributed by atoms with Crippen molar-refractivity contribution in [2.75, 3.05) is 4.90 Å². The van der Waals surface area contributed by atoms with Crippen molar-refractivity contribution in [2.24, 2.45) is 0 Å². The minimum atomic E-state index is -0.668. The Morgan fingerprint density at radius 2 is 1.38 bits per heavy atom. The van der Waals surface area contributed by atoms with Crippen LogP contribution in [0.1, 0.15) is 71.7 Å². The number of carbonyl (C=O) groups is 2. The lowest BCUT2D eigenvalue weighted by molar-refractivity contribution is -0.385. The molecule has 0 radical (unpaired) electrons.